The number of hydrogen-bond donors (Lipinski definition) is 1. The minimum absolute atomic E-state index is 0.136. The van der Waals surface area contributed by atoms with Gasteiger partial charge >= 0.3 is 0 Å². The van der Waals surface area contributed by atoms with Crippen LogP contribution in [0.25, 0.3) is 0 Å². The van der Waals surface area contributed by atoms with Gasteiger partial charge in [0.1, 0.15) is 5.60 Å². The van der Waals surface area contributed by atoms with Crippen LogP contribution in [0.4, 0.5) is 0 Å². The van der Waals surface area contributed by atoms with E-state index in [1.807, 2.05) is 44.4 Å². The molecule has 0 spiro atoms. The molecule has 0 bridgehead atoms. The van der Waals surface area contributed by atoms with E-state index in [4.69, 9.17) is 0 Å². The maximum absolute atomic E-state index is 12.5. The molecule has 1 N–H and O–H groups in total. The van der Waals surface area contributed by atoms with E-state index in [0.29, 0.717) is 25.4 Å². The van der Waals surface area contributed by atoms with Crippen molar-refractivity contribution >= 4 is 5.91 Å². The van der Waals surface area contributed by atoms with Gasteiger partial charge in [-0.2, -0.15) is 0 Å². The van der Waals surface area contributed by atoms with E-state index in [1.165, 1.54) is 0 Å². The molecule has 4 heteroatoms. The van der Waals surface area contributed by atoms with Crippen molar-refractivity contribution in [3.05, 3.63) is 35.9 Å². The summed E-state index contributed by atoms with van der Waals surface area (Å²) in [5.41, 5.74) is -0.130. The molecule has 1 saturated heterocycles. The summed E-state index contributed by atoms with van der Waals surface area (Å²) >= 11 is 0. The van der Waals surface area contributed by atoms with Crippen molar-refractivity contribution in [1.29, 1.82) is 0 Å². The van der Waals surface area contributed by atoms with Gasteiger partial charge < -0.3 is 14.9 Å². The zero-order valence-electron chi connectivity index (χ0n) is 13.2. The summed E-state index contributed by atoms with van der Waals surface area (Å²) in [6.45, 7) is 3.09. The minimum Gasteiger partial charge on any atom is -0.380 e. The molecule has 4 nitrogen and oxygen atoms in total. The van der Waals surface area contributed by atoms with Gasteiger partial charge in [-0.15, -0.1) is 0 Å². The number of carbonyl (C=O) groups excluding carboxylic acids is 1. The lowest BCUT2D eigenvalue weighted by Crippen LogP contribution is -2.47. The number of benzene rings is 1. The number of likely N-dealkylation sites (N-methyl/N-ethyl adjacent to an activating group) is 1. The summed E-state index contributed by atoms with van der Waals surface area (Å²) in [6.07, 6.45) is 2.15. The summed E-state index contributed by atoms with van der Waals surface area (Å²) in [4.78, 5) is 16.5. The molecule has 0 aromatic heterocycles. The average Bonchev–Trinajstić information content (AvgIpc) is 2.95. The Morgan fingerprint density at radius 2 is 2.05 bits per heavy atom. The van der Waals surface area contributed by atoms with Crippen molar-refractivity contribution in [3.8, 4) is 0 Å². The molecule has 21 heavy (non-hydrogen) atoms. The van der Waals surface area contributed by atoms with Crippen LogP contribution in [0.3, 0.4) is 0 Å². The predicted octanol–water partition coefficient (Wildman–Crippen LogP) is 1.53. The van der Waals surface area contributed by atoms with Crippen LogP contribution in [-0.4, -0.2) is 59.6 Å². The lowest BCUT2D eigenvalue weighted by atomic mass is 9.95. The second-order valence-corrected chi connectivity index (χ2v) is 6.42. The largest absolute Gasteiger partial charge is 0.380 e. The van der Waals surface area contributed by atoms with Crippen LogP contribution < -0.4 is 0 Å². The Morgan fingerprint density at radius 3 is 2.62 bits per heavy atom. The number of aliphatic hydroxyl groups is 1. The SMILES string of the molecule is CN(C)C1CCN(C(=O)C(C)(O)CCc2ccccc2)C1. The lowest BCUT2D eigenvalue weighted by molar-refractivity contribution is -0.149. The first kappa shape index (κ1) is 16.0. The third kappa shape index (κ3) is 4.05. The second kappa shape index (κ2) is 6.58. The van der Waals surface area contributed by atoms with Gasteiger partial charge in [0, 0.05) is 19.1 Å². The van der Waals surface area contributed by atoms with Gasteiger partial charge in [-0.1, -0.05) is 30.3 Å². The van der Waals surface area contributed by atoms with E-state index in [1.54, 1.807) is 11.8 Å². The summed E-state index contributed by atoms with van der Waals surface area (Å²) in [7, 11) is 4.07. The van der Waals surface area contributed by atoms with E-state index in [2.05, 4.69) is 4.90 Å². The zero-order valence-corrected chi connectivity index (χ0v) is 13.2. The van der Waals surface area contributed by atoms with E-state index < -0.39 is 5.60 Å². The summed E-state index contributed by atoms with van der Waals surface area (Å²) < 4.78 is 0. The number of amides is 1. The maximum atomic E-state index is 12.5. The highest BCUT2D eigenvalue weighted by Crippen LogP contribution is 2.21. The Hall–Kier alpha value is -1.39. The fraction of sp³-hybridized carbons (Fsp3) is 0.588. The molecule has 1 amide bonds. The first-order chi connectivity index (χ1) is 9.90. The van der Waals surface area contributed by atoms with E-state index in [9.17, 15) is 9.90 Å². The first-order valence-electron chi connectivity index (χ1n) is 7.62. The topological polar surface area (TPSA) is 43.8 Å². The smallest absolute Gasteiger partial charge is 0.254 e. The third-order valence-electron chi connectivity index (χ3n) is 4.38. The molecule has 116 valence electrons. The molecule has 1 aliphatic heterocycles. The van der Waals surface area contributed by atoms with Crippen molar-refractivity contribution < 1.29 is 9.90 Å². The molecule has 1 aromatic rings. The number of likely N-dealkylation sites (tertiary alicyclic amines) is 1. The number of carbonyl (C=O) groups is 1. The highest BCUT2D eigenvalue weighted by molar-refractivity contribution is 5.84. The molecule has 2 rings (SSSR count). The molecule has 0 radical (unpaired) electrons. The number of nitrogens with zero attached hydrogens (tertiary/aromatic N) is 2. The molecule has 1 fully saturated rings. The van der Waals surface area contributed by atoms with Gasteiger partial charge in [-0.05, 0) is 45.8 Å². The number of rotatable bonds is 5. The molecule has 2 unspecified atom stereocenters. The van der Waals surface area contributed by atoms with Crippen LogP contribution in [0, 0.1) is 0 Å². The Balaban J connectivity index is 1.91. The highest BCUT2D eigenvalue weighted by atomic mass is 16.3. The van der Waals surface area contributed by atoms with E-state index in [-0.39, 0.29) is 5.91 Å². The highest BCUT2D eigenvalue weighted by Gasteiger charge is 2.37. The number of hydrogen-bond acceptors (Lipinski definition) is 3. The monoisotopic (exact) mass is 290 g/mol. The van der Waals surface area contributed by atoms with Crippen LogP contribution in [0.5, 0.6) is 0 Å². The van der Waals surface area contributed by atoms with Crippen LogP contribution in [-0.2, 0) is 11.2 Å². The van der Waals surface area contributed by atoms with Crippen molar-refractivity contribution in [2.24, 2.45) is 0 Å². The Kier molecular flexibility index (Phi) is 5.01. The van der Waals surface area contributed by atoms with E-state index >= 15 is 0 Å². The van der Waals surface area contributed by atoms with Crippen molar-refractivity contribution in [3.63, 3.8) is 0 Å². The minimum atomic E-state index is -1.28. The summed E-state index contributed by atoms with van der Waals surface area (Å²) in [6, 6.07) is 10.4. The zero-order chi connectivity index (χ0) is 15.5. The van der Waals surface area contributed by atoms with Crippen LogP contribution >= 0.6 is 0 Å². The van der Waals surface area contributed by atoms with Gasteiger partial charge in [0.15, 0.2) is 0 Å². The first-order valence-corrected chi connectivity index (χ1v) is 7.62. The standard InChI is InChI=1S/C17H26N2O2/c1-17(21,11-9-14-7-5-4-6-8-14)16(20)19-12-10-15(13-19)18(2)3/h4-8,15,21H,9-13H2,1-3H3. The second-order valence-electron chi connectivity index (χ2n) is 6.42. The van der Waals surface area contributed by atoms with Crippen molar-refractivity contribution in [2.75, 3.05) is 27.2 Å². The summed E-state index contributed by atoms with van der Waals surface area (Å²) in [5, 5.41) is 10.5. The van der Waals surface area contributed by atoms with Gasteiger partial charge in [0.25, 0.3) is 5.91 Å². The molecule has 0 aliphatic carbocycles. The molecule has 0 saturated carbocycles. The molecule has 2 atom stereocenters. The Morgan fingerprint density at radius 1 is 1.38 bits per heavy atom. The third-order valence-corrected chi connectivity index (χ3v) is 4.38. The van der Waals surface area contributed by atoms with Gasteiger partial charge in [-0.3, -0.25) is 4.79 Å². The van der Waals surface area contributed by atoms with Crippen LogP contribution in [0.15, 0.2) is 30.3 Å². The Labute approximate surface area is 127 Å². The molecule has 1 aliphatic rings. The van der Waals surface area contributed by atoms with Crippen LogP contribution in [0.1, 0.15) is 25.3 Å². The molecular weight excluding hydrogens is 264 g/mol. The Bertz CT molecular complexity index is 471. The van der Waals surface area contributed by atoms with Gasteiger partial charge in [-0.25, -0.2) is 0 Å². The van der Waals surface area contributed by atoms with Gasteiger partial charge in [0.2, 0.25) is 0 Å². The summed E-state index contributed by atoms with van der Waals surface area (Å²) in [5.74, 6) is -0.136. The maximum Gasteiger partial charge on any atom is 0.254 e. The fourth-order valence-corrected chi connectivity index (χ4v) is 2.83. The number of aryl methyl sites for hydroxylation is 1. The van der Waals surface area contributed by atoms with Crippen molar-refractivity contribution in [1.82, 2.24) is 9.80 Å². The molecular formula is C17H26N2O2. The quantitative estimate of drug-likeness (QED) is 0.894. The predicted molar refractivity (Wildman–Crippen MR) is 84.1 cm³/mol. The van der Waals surface area contributed by atoms with E-state index in [0.717, 1.165) is 18.5 Å². The normalized spacial score (nSPS) is 21.6. The van der Waals surface area contributed by atoms with Crippen molar-refractivity contribution in [2.45, 2.75) is 37.8 Å². The molecule has 1 heterocycles. The molecule has 1 aromatic carbocycles. The van der Waals surface area contributed by atoms with Crippen LogP contribution in [0.2, 0.25) is 0 Å². The average molecular weight is 290 g/mol. The fourth-order valence-electron chi connectivity index (χ4n) is 2.83. The lowest BCUT2D eigenvalue weighted by Gasteiger charge is -2.28. The van der Waals surface area contributed by atoms with Gasteiger partial charge in [0.05, 0.1) is 0 Å².